The van der Waals surface area contributed by atoms with Crippen molar-refractivity contribution in [2.75, 3.05) is 25.2 Å². The normalized spacial score (nSPS) is 11.1. The highest BCUT2D eigenvalue weighted by Crippen LogP contribution is 2.34. The number of benzene rings is 1. The number of hydrogen-bond acceptors (Lipinski definition) is 8. The fraction of sp³-hybridized carbons (Fsp3) is 0.250. The number of carbonyl (C=O) groups is 2. The Morgan fingerprint density at radius 3 is 2.15 bits per heavy atom. The van der Waals surface area contributed by atoms with Gasteiger partial charge in [0.2, 0.25) is 0 Å². The Kier molecular flexibility index (Phi) is 6.32. The van der Waals surface area contributed by atoms with E-state index in [1.807, 2.05) is 6.26 Å². The van der Waals surface area contributed by atoms with Gasteiger partial charge in [0, 0.05) is 10.6 Å². The first kappa shape index (κ1) is 20.3. The summed E-state index contributed by atoms with van der Waals surface area (Å²) in [7, 11) is -1.79. The number of ether oxygens (including phenoxy) is 2. The second-order valence-corrected chi connectivity index (χ2v) is 8.81. The third-order valence-corrected chi connectivity index (χ3v) is 7.38. The minimum atomic E-state index is -4.11. The quantitative estimate of drug-likeness (QED) is 0.571. The van der Waals surface area contributed by atoms with Crippen LogP contribution in [0.5, 0.6) is 0 Å². The number of esters is 2. The highest BCUT2D eigenvalue weighted by molar-refractivity contribution is 7.98. The fourth-order valence-electron chi connectivity index (χ4n) is 2.16. The monoisotopic (exact) mass is 415 g/mol. The predicted octanol–water partition coefficient (Wildman–Crippen LogP) is 3.15. The van der Waals surface area contributed by atoms with E-state index < -0.39 is 22.0 Å². The standard InChI is InChI=1S/C16H17NO6S3/c1-9-12(14(18)22-2)16(25-13(9)15(19)23-3)26(20,21)17-10-5-7-11(24-4)8-6-10/h5-8,17H,1-4H3. The van der Waals surface area contributed by atoms with Crippen molar-refractivity contribution < 1.29 is 27.5 Å². The van der Waals surface area contributed by atoms with Crippen LogP contribution in [0.4, 0.5) is 5.69 Å². The van der Waals surface area contributed by atoms with Crippen LogP contribution in [0.15, 0.2) is 33.4 Å². The van der Waals surface area contributed by atoms with Crippen molar-refractivity contribution in [3.8, 4) is 0 Å². The van der Waals surface area contributed by atoms with E-state index in [1.165, 1.54) is 25.8 Å². The van der Waals surface area contributed by atoms with Gasteiger partial charge in [0.25, 0.3) is 10.0 Å². The lowest BCUT2D eigenvalue weighted by Crippen LogP contribution is -2.16. The van der Waals surface area contributed by atoms with Gasteiger partial charge in [-0.25, -0.2) is 18.0 Å². The first-order valence-electron chi connectivity index (χ1n) is 7.22. The Morgan fingerprint density at radius 2 is 1.65 bits per heavy atom. The Balaban J connectivity index is 2.53. The molecule has 0 radical (unpaired) electrons. The fourth-order valence-corrected chi connectivity index (χ4v) is 5.37. The van der Waals surface area contributed by atoms with Crippen molar-refractivity contribution >= 4 is 50.7 Å². The summed E-state index contributed by atoms with van der Waals surface area (Å²) < 4.78 is 37.1. The lowest BCUT2D eigenvalue weighted by atomic mass is 10.2. The van der Waals surface area contributed by atoms with Crippen molar-refractivity contribution in [2.45, 2.75) is 16.0 Å². The molecule has 0 saturated heterocycles. The number of methoxy groups -OCH3 is 2. The molecular formula is C16H17NO6S3. The summed E-state index contributed by atoms with van der Waals surface area (Å²) in [5, 5.41) is 0. The minimum absolute atomic E-state index is 0.0333. The minimum Gasteiger partial charge on any atom is -0.465 e. The van der Waals surface area contributed by atoms with Gasteiger partial charge < -0.3 is 9.47 Å². The number of carbonyl (C=O) groups excluding carboxylic acids is 2. The van der Waals surface area contributed by atoms with Gasteiger partial charge in [-0.15, -0.1) is 23.1 Å². The van der Waals surface area contributed by atoms with Crippen LogP contribution in [0.2, 0.25) is 0 Å². The molecule has 0 amide bonds. The Labute approximate surface area is 159 Å². The van der Waals surface area contributed by atoms with Crippen LogP contribution >= 0.6 is 23.1 Å². The molecule has 7 nitrogen and oxygen atoms in total. The molecular weight excluding hydrogens is 398 g/mol. The van der Waals surface area contributed by atoms with E-state index in [-0.39, 0.29) is 20.2 Å². The van der Waals surface area contributed by atoms with Crippen molar-refractivity contribution in [1.29, 1.82) is 0 Å². The molecule has 0 saturated carbocycles. The van der Waals surface area contributed by atoms with Crippen LogP contribution in [-0.2, 0) is 19.5 Å². The van der Waals surface area contributed by atoms with Crippen LogP contribution in [0.1, 0.15) is 25.6 Å². The molecule has 0 atom stereocenters. The Bertz CT molecular complexity index is 932. The molecule has 1 aromatic carbocycles. The number of thioether (sulfide) groups is 1. The second-order valence-electron chi connectivity index (χ2n) is 5.04. The van der Waals surface area contributed by atoms with Gasteiger partial charge in [-0.2, -0.15) is 0 Å². The predicted molar refractivity (Wildman–Crippen MR) is 101 cm³/mol. The maximum Gasteiger partial charge on any atom is 0.348 e. The van der Waals surface area contributed by atoms with Crippen molar-refractivity contribution in [1.82, 2.24) is 0 Å². The average Bonchev–Trinajstić information content (AvgIpc) is 2.99. The topological polar surface area (TPSA) is 98.8 Å². The summed E-state index contributed by atoms with van der Waals surface area (Å²) in [6.45, 7) is 1.47. The summed E-state index contributed by atoms with van der Waals surface area (Å²) in [6, 6.07) is 6.76. The first-order valence-corrected chi connectivity index (χ1v) is 10.7. The van der Waals surface area contributed by atoms with Crippen LogP contribution in [0, 0.1) is 6.92 Å². The molecule has 1 aromatic heterocycles. The van der Waals surface area contributed by atoms with Gasteiger partial charge >= 0.3 is 11.9 Å². The van der Waals surface area contributed by atoms with E-state index in [9.17, 15) is 18.0 Å². The number of rotatable bonds is 6. The number of sulfonamides is 1. The maximum absolute atomic E-state index is 12.8. The van der Waals surface area contributed by atoms with Gasteiger partial charge in [0.1, 0.15) is 4.88 Å². The van der Waals surface area contributed by atoms with Crippen LogP contribution < -0.4 is 4.72 Å². The summed E-state index contributed by atoms with van der Waals surface area (Å²) in [6.07, 6.45) is 1.91. The largest absolute Gasteiger partial charge is 0.465 e. The van der Waals surface area contributed by atoms with E-state index >= 15 is 0 Å². The van der Waals surface area contributed by atoms with Crippen LogP contribution in [0.25, 0.3) is 0 Å². The number of nitrogens with one attached hydrogen (secondary N) is 1. The molecule has 26 heavy (non-hydrogen) atoms. The van der Waals surface area contributed by atoms with Crippen molar-refractivity contribution in [3.63, 3.8) is 0 Å². The lowest BCUT2D eigenvalue weighted by molar-refractivity contribution is 0.0596. The molecule has 0 aliphatic carbocycles. The molecule has 1 N–H and O–H groups in total. The third-order valence-electron chi connectivity index (χ3n) is 3.46. The molecule has 0 unspecified atom stereocenters. The van der Waals surface area contributed by atoms with Gasteiger partial charge in [0.05, 0.1) is 19.8 Å². The van der Waals surface area contributed by atoms with Crippen molar-refractivity contribution in [3.05, 3.63) is 40.3 Å². The molecule has 0 spiro atoms. The average molecular weight is 416 g/mol. The highest BCUT2D eigenvalue weighted by Gasteiger charge is 2.32. The van der Waals surface area contributed by atoms with E-state index in [2.05, 4.69) is 14.2 Å². The van der Waals surface area contributed by atoms with Gasteiger partial charge in [0.15, 0.2) is 4.21 Å². The number of thiophene rings is 1. The zero-order valence-electron chi connectivity index (χ0n) is 14.5. The Morgan fingerprint density at radius 1 is 1.08 bits per heavy atom. The molecule has 0 bridgehead atoms. The molecule has 140 valence electrons. The molecule has 10 heteroatoms. The third kappa shape index (κ3) is 4.02. The maximum atomic E-state index is 12.8. The van der Waals surface area contributed by atoms with E-state index in [1.54, 1.807) is 24.3 Å². The van der Waals surface area contributed by atoms with Crippen molar-refractivity contribution in [2.24, 2.45) is 0 Å². The van der Waals surface area contributed by atoms with E-state index in [0.717, 1.165) is 12.0 Å². The molecule has 1 heterocycles. The van der Waals surface area contributed by atoms with Gasteiger partial charge in [-0.1, -0.05) is 0 Å². The first-order chi connectivity index (χ1) is 12.2. The van der Waals surface area contributed by atoms with Gasteiger partial charge in [-0.05, 0) is 43.0 Å². The summed E-state index contributed by atoms with van der Waals surface area (Å²) in [5.41, 5.74) is 0.363. The van der Waals surface area contributed by atoms with Crippen LogP contribution in [-0.4, -0.2) is 40.8 Å². The van der Waals surface area contributed by atoms with Crippen LogP contribution in [0.3, 0.4) is 0 Å². The zero-order valence-corrected chi connectivity index (χ0v) is 16.9. The number of anilines is 1. The lowest BCUT2D eigenvalue weighted by Gasteiger charge is -2.09. The summed E-state index contributed by atoms with van der Waals surface area (Å²) in [4.78, 5) is 25.0. The summed E-state index contributed by atoms with van der Waals surface area (Å²) >= 11 is 2.19. The molecule has 0 aliphatic heterocycles. The van der Waals surface area contributed by atoms with Gasteiger partial charge in [-0.3, -0.25) is 4.72 Å². The molecule has 2 aromatic rings. The second kappa shape index (κ2) is 8.11. The van der Waals surface area contributed by atoms with E-state index in [0.29, 0.717) is 17.0 Å². The number of hydrogen-bond donors (Lipinski definition) is 1. The SMILES string of the molecule is COC(=O)c1sc(S(=O)(=O)Nc2ccc(SC)cc2)c(C(=O)OC)c1C. The summed E-state index contributed by atoms with van der Waals surface area (Å²) in [5.74, 6) is -1.56. The van der Waals surface area contributed by atoms with E-state index in [4.69, 9.17) is 0 Å². The zero-order chi connectivity index (χ0) is 19.5. The molecule has 0 fully saturated rings. The molecule has 0 aliphatic rings. The highest BCUT2D eigenvalue weighted by atomic mass is 32.2. The smallest absolute Gasteiger partial charge is 0.348 e. The molecule has 2 rings (SSSR count). The Hall–Kier alpha value is -2.04.